The van der Waals surface area contributed by atoms with Gasteiger partial charge >= 0.3 is 0 Å². The molecule has 8 nitrogen and oxygen atoms in total. The van der Waals surface area contributed by atoms with E-state index in [-0.39, 0.29) is 17.3 Å². The van der Waals surface area contributed by atoms with E-state index in [1.165, 1.54) is 15.6 Å². The van der Waals surface area contributed by atoms with Gasteiger partial charge in [0.2, 0.25) is 27.6 Å². The molecule has 1 atom stereocenters. The second kappa shape index (κ2) is 8.52. The van der Waals surface area contributed by atoms with Gasteiger partial charge in [-0.3, -0.25) is 4.79 Å². The minimum atomic E-state index is -3.74. The highest BCUT2D eigenvalue weighted by molar-refractivity contribution is 7.89. The Balaban J connectivity index is 1.53. The number of anilines is 1. The van der Waals surface area contributed by atoms with Crippen LogP contribution in [0.15, 0.2) is 39.8 Å². The van der Waals surface area contributed by atoms with E-state index in [9.17, 15) is 13.2 Å². The molecule has 1 amide bonds. The van der Waals surface area contributed by atoms with Crippen molar-refractivity contribution in [1.82, 2.24) is 14.4 Å². The number of piperidine rings is 1. The van der Waals surface area contributed by atoms with Crippen molar-refractivity contribution < 1.29 is 17.7 Å². The number of thiophene rings is 1. The number of carbonyl (C=O) groups is 1. The van der Waals surface area contributed by atoms with Crippen molar-refractivity contribution in [1.29, 1.82) is 0 Å². The monoisotopic (exact) mass is 460 g/mol. The first-order chi connectivity index (χ1) is 14.8. The normalized spacial score (nSPS) is 17.6. The Hall–Kier alpha value is -2.56. The highest BCUT2D eigenvalue weighted by Gasteiger charge is 2.35. The van der Waals surface area contributed by atoms with Crippen molar-refractivity contribution in [2.24, 2.45) is 5.92 Å². The Morgan fingerprint density at radius 3 is 2.74 bits per heavy atom. The Bertz CT molecular complexity index is 1220. The third kappa shape index (κ3) is 4.41. The van der Waals surface area contributed by atoms with Gasteiger partial charge in [-0.05, 0) is 44.4 Å². The molecule has 0 bridgehead atoms. The number of sulfonamides is 1. The van der Waals surface area contributed by atoms with Crippen LogP contribution in [0.3, 0.4) is 0 Å². The molecule has 1 aliphatic heterocycles. The number of nitrogens with one attached hydrogen (secondary N) is 1. The highest BCUT2D eigenvalue weighted by Crippen LogP contribution is 2.35. The average Bonchev–Trinajstić information content (AvgIpc) is 3.35. The Morgan fingerprint density at radius 1 is 1.26 bits per heavy atom. The van der Waals surface area contributed by atoms with E-state index < -0.39 is 15.9 Å². The molecular weight excluding hydrogens is 436 g/mol. The standard InChI is InChI=1S/C21H24N4O4S2/c1-13-7-4-5-9-17(13)23-21(26)16-8-6-10-25(12-16)31(27,28)19-11-18(30-14(19)2)20-22-15(3)29-24-20/h4-5,7,9,11,16H,6,8,10,12H2,1-3H3,(H,23,26)/t16-/m1/s1. The Labute approximate surface area is 185 Å². The predicted octanol–water partition coefficient (Wildman–Crippen LogP) is 3.76. The molecule has 164 valence electrons. The fourth-order valence-electron chi connectivity index (χ4n) is 3.69. The third-order valence-corrected chi connectivity index (χ3v) is 8.56. The summed E-state index contributed by atoms with van der Waals surface area (Å²) < 4.78 is 33.2. The van der Waals surface area contributed by atoms with Gasteiger partial charge < -0.3 is 9.84 Å². The van der Waals surface area contributed by atoms with Gasteiger partial charge in [-0.25, -0.2) is 8.42 Å². The molecule has 2 aromatic heterocycles. The van der Waals surface area contributed by atoms with Gasteiger partial charge in [0, 0.05) is 30.6 Å². The number of aromatic nitrogens is 2. The first-order valence-electron chi connectivity index (χ1n) is 10.0. The van der Waals surface area contributed by atoms with Crippen LogP contribution in [0.1, 0.15) is 29.2 Å². The van der Waals surface area contributed by atoms with E-state index in [0.29, 0.717) is 40.9 Å². The van der Waals surface area contributed by atoms with Crippen LogP contribution in [0.25, 0.3) is 10.7 Å². The summed E-state index contributed by atoms with van der Waals surface area (Å²) in [6.07, 6.45) is 1.28. The van der Waals surface area contributed by atoms with Gasteiger partial charge in [0.15, 0.2) is 0 Å². The van der Waals surface area contributed by atoms with Crippen LogP contribution >= 0.6 is 11.3 Å². The minimum Gasteiger partial charge on any atom is -0.339 e. The van der Waals surface area contributed by atoms with E-state index in [1.807, 2.05) is 31.2 Å². The zero-order valence-electron chi connectivity index (χ0n) is 17.6. The number of amides is 1. The summed E-state index contributed by atoms with van der Waals surface area (Å²) >= 11 is 1.31. The predicted molar refractivity (Wildman–Crippen MR) is 118 cm³/mol. The molecule has 1 fully saturated rings. The lowest BCUT2D eigenvalue weighted by Gasteiger charge is -2.31. The third-order valence-electron chi connectivity index (χ3n) is 5.40. The molecule has 1 aromatic carbocycles. The SMILES string of the molecule is Cc1nc(-c2cc(S(=O)(=O)N3CCC[C@@H](C(=O)Nc4ccccc4C)C3)c(C)s2)no1. The molecule has 0 radical (unpaired) electrons. The first-order valence-corrected chi connectivity index (χ1v) is 12.3. The molecule has 1 N–H and O–H groups in total. The lowest BCUT2D eigenvalue weighted by atomic mass is 9.98. The zero-order valence-corrected chi connectivity index (χ0v) is 19.2. The highest BCUT2D eigenvalue weighted by atomic mass is 32.2. The summed E-state index contributed by atoms with van der Waals surface area (Å²) in [5.74, 6) is 0.241. The quantitative estimate of drug-likeness (QED) is 0.621. The molecule has 4 rings (SSSR count). The lowest BCUT2D eigenvalue weighted by molar-refractivity contribution is -0.120. The zero-order chi connectivity index (χ0) is 22.2. The Morgan fingerprint density at radius 2 is 2.03 bits per heavy atom. The molecule has 0 unspecified atom stereocenters. The molecule has 1 saturated heterocycles. The van der Waals surface area contributed by atoms with Crippen molar-refractivity contribution in [2.45, 2.75) is 38.5 Å². The fraction of sp³-hybridized carbons (Fsp3) is 0.381. The number of hydrogen-bond acceptors (Lipinski definition) is 7. The second-order valence-corrected chi connectivity index (χ2v) is 10.8. The number of para-hydroxylation sites is 1. The van der Waals surface area contributed by atoms with Gasteiger partial charge in [-0.1, -0.05) is 23.4 Å². The van der Waals surface area contributed by atoms with Crippen LogP contribution in [0.2, 0.25) is 0 Å². The molecular formula is C21H24N4O4S2. The van der Waals surface area contributed by atoms with Gasteiger partial charge in [0.25, 0.3) is 0 Å². The summed E-state index contributed by atoms with van der Waals surface area (Å²) in [7, 11) is -3.74. The Kier molecular flexibility index (Phi) is 5.96. The maximum absolute atomic E-state index is 13.4. The van der Waals surface area contributed by atoms with E-state index in [1.54, 1.807) is 19.9 Å². The summed E-state index contributed by atoms with van der Waals surface area (Å²) in [4.78, 5) is 18.5. The van der Waals surface area contributed by atoms with E-state index >= 15 is 0 Å². The van der Waals surface area contributed by atoms with Crippen LogP contribution in [0.5, 0.6) is 0 Å². The number of benzene rings is 1. The summed E-state index contributed by atoms with van der Waals surface area (Å²) in [6, 6.07) is 9.14. The number of nitrogens with zero attached hydrogens (tertiary/aromatic N) is 3. The average molecular weight is 461 g/mol. The van der Waals surface area contributed by atoms with E-state index in [4.69, 9.17) is 4.52 Å². The molecule has 10 heteroatoms. The van der Waals surface area contributed by atoms with Crippen LogP contribution in [0.4, 0.5) is 5.69 Å². The van der Waals surface area contributed by atoms with Crippen molar-refractivity contribution in [2.75, 3.05) is 18.4 Å². The molecule has 0 saturated carbocycles. The fourth-order valence-corrected chi connectivity index (χ4v) is 6.70. The topological polar surface area (TPSA) is 105 Å². The molecule has 31 heavy (non-hydrogen) atoms. The minimum absolute atomic E-state index is 0.154. The molecule has 3 aromatic rings. The van der Waals surface area contributed by atoms with Crippen LogP contribution in [0, 0.1) is 26.7 Å². The van der Waals surface area contributed by atoms with E-state index in [2.05, 4.69) is 15.5 Å². The van der Waals surface area contributed by atoms with Crippen molar-refractivity contribution in [3.05, 3.63) is 46.7 Å². The van der Waals surface area contributed by atoms with Crippen molar-refractivity contribution in [3.63, 3.8) is 0 Å². The second-order valence-electron chi connectivity index (χ2n) is 7.67. The van der Waals surface area contributed by atoms with Crippen LogP contribution in [-0.4, -0.2) is 41.9 Å². The van der Waals surface area contributed by atoms with Crippen LogP contribution in [-0.2, 0) is 14.8 Å². The van der Waals surface area contributed by atoms with Gasteiger partial charge in [-0.2, -0.15) is 9.29 Å². The van der Waals surface area contributed by atoms with Gasteiger partial charge in [0.1, 0.15) is 0 Å². The maximum atomic E-state index is 13.4. The summed E-state index contributed by atoms with van der Waals surface area (Å²) in [5, 5.41) is 6.83. The lowest BCUT2D eigenvalue weighted by Crippen LogP contribution is -2.43. The summed E-state index contributed by atoms with van der Waals surface area (Å²) in [5.41, 5.74) is 1.72. The number of aryl methyl sites for hydroxylation is 3. The molecule has 0 spiro atoms. The smallest absolute Gasteiger partial charge is 0.244 e. The summed E-state index contributed by atoms with van der Waals surface area (Å²) in [6.45, 7) is 5.93. The number of carbonyl (C=O) groups excluding carboxylic acids is 1. The van der Waals surface area contributed by atoms with Crippen LogP contribution < -0.4 is 5.32 Å². The molecule has 1 aliphatic rings. The maximum Gasteiger partial charge on any atom is 0.244 e. The number of hydrogen-bond donors (Lipinski definition) is 1. The van der Waals surface area contributed by atoms with Gasteiger partial charge in [0.05, 0.1) is 15.7 Å². The van der Waals surface area contributed by atoms with E-state index in [0.717, 1.165) is 11.3 Å². The number of rotatable bonds is 5. The van der Waals surface area contributed by atoms with Crippen molar-refractivity contribution in [3.8, 4) is 10.7 Å². The largest absolute Gasteiger partial charge is 0.339 e. The molecule has 3 heterocycles. The van der Waals surface area contributed by atoms with Gasteiger partial charge in [-0.15, -0.1) is 11.3 Å². The molecule has 0 aliphatic carbocycles. The first kappa shape index (κ1) is 21.7. The van der Waals surface area contributed by atoms with Crippen molar-refractivity contribution >= 4 is 33.0 Å².